The lowest BCUT2D eigenvalue weighted by molar-refractivity contribution is -0.139. The summed E-state index contributed by atoms with van der Waals surface area (Å²) < 4.78 is 45.1. The van der Waals surface area contributed by atoms with Crippen LogP contribution >= 0.6 is 11.5 Å². The van der Waals surface area contributed by atoms with Crippen molar-refractivity contribution in [3.63, 3.8) is 0 Å². The summed E-state index contributed by atoms with van der Waals surface area (Å²) in [6.07, 6.45) is 3.31. The molecule has 0 radical (unpaired) electrons. The average Bonchev–Trinajstić information content (AvgIpc) is 3.14. The molecule has 1 saturated carbocycles. The van der Waals surface area contributed by atoms with E-state index in [1.807, 2.05) is 6.92 Å². The Bertz CT molecular complexity index is 1060. The van der Waals surface area contributed by atoms with E-state index in [0.29, 0.717) is 29.0 Å². The van der Waals surface area contributed by atoms with Gasteiger partial charge < -0.3 is 0 Å². The quantitative estimate of drug-likeness (QED) is 0.560. The van der Waals surface area contributed by atoms with Gasteiger partial charge in [-0.15, -0.1) is 0 Å². The first-order valence-electron chi connectivity index (χ1n) is 9.76. The molecule has 0 aromatic carbocycles. The van der Waals surface area contributed by atoms with Crippen molar-refractivity contribution in [1.82, 2.24) is 18.9 Å². The average molecular weight is 422 g/mol. The van der Waals surface area contributed by atoms with Crippen LogP contribution in [-0.2, 0) is 6.18 Å². The summed E-state index contributed by atoms with van der Waals surface area (Å²) >= 11 is 0.598. The summed E-state index contributed by atoms with van der Waals surface area (Å²) in [4.78, 5) is 22.0. The van der Waals surface area contributed by atoms with Crippen LogP contribution in [0.1, 0.15) is 57.2 Å². The Labute approximate surface area is 169 Å². The zero-order chi connectivity index (χ0) is 20.6. The molecule has 3 aromatic rings. The summed E-state index contributed by atoms with van der Waals surface area (Å²) in [7, 11) is 0. The van der Waals surface area contributed by atoms with Crippen molar-refractivity contribution < 1.29 is 13.2 Å². The molecule has 1 atom stereocenters. The lowest BCUT2D eigenvalue weighted by atomic mass is 9.85. The predicted octanol–water partition coefficient (Wildman–Crippen LogP) is 5.47. The Kier molecular flexibility index (Phi) is 5.42. The highest BCUT2D eigenvalue weighted by atomic mass is 32.1. The molecule has 0 saturated heterocycles. The van der Waals surface area contributed by atoms with Gasteiger partial charge in [0.1, 0.15) is 11.1 Å². The standard InChI is InChI=1S/C20H21F3N4OS/c1-12(11-13-7-3-2-4-8-13)27-17(14-9-5-6-10-24-14)25-18-15(19(27)28)16(26-29-18)20(21,22)23/h5-6,9-10,12-13H,2-4,7-8,11H2,1H3/t12-/m1/s1. The molecule has 29 heavy (non-hydrogen) atoms. The number of nitrogens with zero attached hydrogens (tertiary/aromatic N) is 4. The Morgan fingerprint density at radius 3 is 2.66 bits per heavy atom. The number of rotatable bonds is 4. The van der Waals surface area contributed by atoms with Gasteiger partial charge in [-0.3, -0.25) is 14.3 Å². The van der Waals surface area contributed by atoms with Crippen molar-refractivity contribution in [3.8, 4) is 11.5 Å². The third kappa shape index (κ3) is 3.92. The molecular formula is C20H21F3N4OS. The highest BCUT2D eigenvalue weighted by Gasteiger charge is 2.38. The lowest BCUT2D eigenvalue weighted by Crippen LogP contribution is -2.29. The zero-order valence-electron chi connectivity index (χ0n) is 15.9. The number of aromatic nitrogens is 4. The van der Waals surface area contributed by atoms with Gasteiger partial charge in [0.25, 0.3) is 5.56 Å². The van der Waals surface area contributed by atoms with Crippen molar-refractivity contribution in [2.24, 2.45) is 5.92 Å². The second-order valence-electron chi connectivity index (χ2n) is 7.62. The molecule has 1 aliphatic rings. The number of hydrogen-bond acceptors (Lipinski definition) is 5. The van der Waals surface area contributed by atoms with Gasteiger partial charge in [0.05, 0.1) is 0 Å². The van der Waals surface area contributed by atoms with Crippen LogP contribution in [0.5, 0.6) is 0 Å². The molecule has 0 aliphatic heterocycles. The fourth-order valence-corrected chi connectivity index (χ4v) is 4.98. The summed E-state index contributed by atoms with van der Waals surface area (Å²) in [5, 5.41) is -0.447. The molecular weight excluding hydrogens is 401 g/mol. The topological polar surface area (TPSA) is 60.7 Å². The number of fused-ring (bicyclic) bond motifs is 1. The van der Waals surface area contributed by atoms with Crippen LogP contribution in [0.3, 0.4) is 0 Å². The van der Waals surface area contributed by atoms with E-state index in [0.717, 1.165) is 32.1 Å². The highest BCUT2D eigenvalue weighted by Crippen LogP contribution is 2.36. The smallest absolute Gasteiger partial charge is 0.288 e. The Morgan fingerprint density at radius 1 is 1.24 bits per heavy atom. The first-order valence-corrected chi connectivity index (χ1v) is 10.5. The van der Waals surface area contributed by atoms with E-state index in [2.05, 4.69) is 14.3 Å². The maximum absolute atomic E-state index is 13.4. The van der Waals surface area contributed by atoms with Crippen LogP contribution in [0.15, 0.2) is 29.2 Å². The molecule has 5 nitrogen and oxygen atoms in total. The van der Waals surface area contributed by atoms with Crippen molar-refractivity contribution in [2.75, 3.05) is 0 Å². The van der Waals surface area contributed by atoms with E-state index in [9.17, 15) is 18.0 Å². The molecule has 1 fully saturated rings. The number of halogens is 3. The summed E-state index contributed by atoms with van der Waals surface area (Å²) in [6.45, 7) is 1.88. The van der Waals surface area contributed by atoms with Crippen molar-refractivity contribution in [2.45, 2.75) is 57.7 Å². The van der Waals surface area contributed by atoms with Crippen LogP contribution in [-0.4, -0.2) is 18.9 Å². The second kappa shape index (κ2) is 7.85. The van der Waals surface area contributed by atoms with E-state index in [-0.39, 0.29) is 10.9 Å². The van der Waals surface area contributed by atoms with Crippen molar-refractivity contribution >= 4 is 21.7 Å². The molecule has 0 bridgehead atoms. The number of pyridine rings is 1. The van der Waals surface area contributed by atoms with E-state index in [4.69, 9.17) is 0 Å². The predicted molar refractivity (Wildman–Crippen MR) is 106 cm³/mol. The first-order chi connectivity index (χ1) is 13.9. The van der Waals surface area contributed by atoms with Gasteiger partial charge in [0.2, 0.25) is 0 Å². The molecule has 3 heterocycles. The van der Waals surface area contributed by atoms with Crippen LogP contribution in [0, 0.1) is 5.92 Å². The van der Waals surface area contributed by atoms with Gasteiger partial charge in [-0.05, 0) is 42.9 Å². The molecule has 1 aliphatic carbocycles. The summed E-state index contributed by atoms with van der Waals surface area (Å²) in [5.74, 6) is 0.754. The van der Waals surface area contributed by atoms with Crippen LogP contribution in [0.4, 0.5) is 13.2 Å². The monoisotopic (exact) mass is 422 g/mol. The second-order valence-corrected chi connectivity index (χ2v) is 8.38. The molecule has 0 amide bonds. The molecule has 4 rings (SSSR count). The van der Waals surface area contributed by atoms with Crippen molar-refractivity contribution in [1.29, 1.82) is 0 Å². The molecule has 0 spiro atoms. The van der Waals surface area contributed by atoms with Gasteiger partial charge in [-0.1, -0.05) is 38.2 Å². The van der Waals surface area contributed by atoms with Crippen molar-refractivity contribution in [3.05, 3.63) is 40.4 Å². The molecule has 0 N–H and O–H groups in total. The van der Waals surface area contributed by atoms with Gasteiger partial charge in [-0.2, -0.15) is 17.5 Å². The highest BCUT2D eigenvalue weighted by molar-refractivity contribution is 7.12. The van der Waals surface area contributed by atoms with Gasteiger partial charge >= 0.3 is 6.18 Å². The number of hydrogen-bond donors (Lipinski definition) is 0. The SMILES string of the molecule is C[C@H](CC1CCCCC1)n1c(-c2ccccn2)nc2snc(C(F)(F)F)c2c1=O. The maximum Gasteiger partial charge on any atom is 0.435 e. The molecule has 0 unspecified atom stereocenters. The van der Waals surface area contributed by atoms with Gasteiger partial charge in [0.15, 0.2) is 16.3 Å². The first kappa shape index (κ1) is 20.0. The van der Waals surface area contributed by atoms with Crippen LogP contribution < -0.4 is 5.56 Å². The van der Waals surface area contributed by atoms with E-state index >= 15 is 0 Å². The van der Waals surface area contributed by atoms with E-state index in [1.165, 1.54) is 11.0 Å². The largest absolute Gasteiger partial charge is 0.435 e. The third-order valence-electron chi connectivity index (χ3n) is 5.54. The fraction of sp³-hybridized carbons (Fsp3) is 0.500. The number of alkyl halides is 3. The molecule has 9 heteroatoms. The lowest BCUT2D eigenvalue weighted by Gasteiger charge is -2.26. The van der Waals surface area contributed by atoms with Crippen LogP contribution in [0.25, 0.3) is 21.7 Å². The fourth-order valence-electron chi connectivity index (χ4n) is 4.21. The third-order valence-corrected chi connectivity index (χ3v) is 6.29. The van der Waals surface area contributed by atoms with Crippen LogP contribution in [0.2, 0.25) is 0 Å². The van der Waals surface area contributed by atoms with Gasteiger partial charge in [-0.25, -0.2) is 4.98 Å². The maximum atomic E-state index is 13.4. The minimum atomic E-state index is -4.70. The Morgan fingerprint density at radius 2 is 2.00 bits per heavy atom. The Hall–Kier alpha value is -2.29. The zero-order valence-corrected chi connectivity index (χ0v) is 16.8. The molecule has 154 valence electrons. The van der Waals surface area contributed by atoms with Gasteiger partial charge in [0, 0.05) is 12.2 Å². The van der Waals surface area contributed by atoms with E-state index < -0.39 is 22.8 Å². The minimum Gasteiger partial charge on any atom is -0.288 e. The summed E-state index contributed by atoms with van der Waals surface area (Å²) in [6, 6.07) is 4.93. The summed E-state index contributed by atoms with van der Waals surface area (Å²) in [5.41, 5.74) is -1.38. The molecule has 3 aromatic heterocycles. The van der Waals surface area contributed by atoms with E-state index in [1.54, 1.807) is 24.4 Å². The minimum absolute atomic E-state index is 0.0101. The Balaban J connectivity index is 1.88. The normalized spacial score (nSPS) is 17.0.